The molecule has 102 valence electrons. The predicted octanol–water partition coefficient (Wildman–Crippen LogP) is 4.45. The van der Waals surface area contributed by atoms with Crippen LogP contribution in [0.4, 0.5) is 5.69 Å². The topological polar surface area (TPSA) is 67.9 Å². The summed E-state index contributed by atoms with van der Waals surface area (Å²) in [5.41, 5.74) is 2.70. The van der Waals surface area contributed by atoms with Crippen molar-refractivity contribution in [1.29, 1.82) is 0 Å². The van der Waals surface area contributed by atoms with E-state index in [9.17, 15) is 10.1 Å². The molecule has 5 heteroatoms. The van der Waals surface area contributed by atoms with Gasteiger partial charge in [0.25, 0.3) is 0 Å². The standard InChI is InChI=1S/C15H15N3O2/c1-2-15(18(19)20)17-16-14-10-6-9-13(11-14)12-7-4-3-5-8-12/h3-11,15H,2H2,1H3. The maximum Gasteiger partial charge on any atom is 0.320 e. The van der Waals surface area contributed by atoms with E-state index >= 15 is 0 Å². The lowest BCUT2D eigenvalue weighted by Crippen LogP contribution is -2.14. The van der Waals surface area contributed by atoms with E-state index in [4.69, 9.17) is 0 Å². The normalized spacial score (nSPS) is 12.4. The smallest absolute Gasteiger partial charge is 0.262 e. The van der Waals surface area contributed by atoms with E-state index in [1.807, 2.05) is 48.5 Å². The molecule has 0 fully saturated rings. The maximum atomic E-state index is 10.7. The first-order valence-corrected chi connectivity index (χ1v) is 6.40. The van der Waals surface area contributed by atoms with Gasteiger partial charge >= 0.3 is 6.17 Å². The molecule has 2 aromatic rings. The fourth-order valence-corrected chi connectivity index (χ4v) is 1.78. The van der Waals surface area contributed by atoms with Gasteiger partial charge in [0.2, 0.25) is 0 Å². The van der Waals surface area contributed by atoms with Gasteiger partial charge in [-0.2, -0.15) is 0 Å². The molecular weight excluding hydrogens is 254 g/mol. The zero-order valence-electron chi connectivity index (χ0n) is 11.1. The Hall–Kier alpha value is -2.56. The molecule has 0 aliphatic rings. The number of azo groups is 1. The molecule has 0 spiro atoms. The van der Waals surface area contributed by atoms with E-state index in [-0.39, 0.29) is 0 Å². The molecule has 0 aliphatic carbocycles. The van der Waals surface area contributed by atoms with Gasteiger partial charge in [-0.15, -0.1) is 10.2 Å². The molecule has 0 N–H and O–H groups in total. The number of rotatable bonds is 5. The minimum Gasteiger partial charge on any atom is -0.262 e. The van der Waals surface area contributed by atoms with E-state index in [0.29, 0.717) is 12.1 Å². The SMILES string of the molecule is CCC(N=Nc1cccc(-c2ccccc2)c1)[N+](=O)[O-]. The summed E-state index contributed by atoms with van der Waals surface area (Å²) in [6, 6.07) is 17.4. The van der Waals surface area contributed by atoms with Crippen LogP contribution < -0.4 is 0 Å². The fourth-order valence-electron chi connectivity index (χ4n) is 1.78. The van der Waals surface area contributed by atoms with Gasteiger partial charge in [0.05, 0.1) is 5.69 Å². The molecule has 0 aliphatic heterocycles. The van der Waals surface area contributed by atoms with Crippen molar-refractivity contribution in [3.05, 3.63) is 64.7 Å². The zero-order chi connectivity index (χ0) is 14.4. The second kappa shape index (κ2) is 6.56. The highest BCUT2D eigenvalue weighted by atomic mass is 16.6. The van der Waals surface area contributed by atoms with Crippen LogP contribution >= 0.6 is 0 Å². The lowest BCUT2D eigenvalue weighted by molar-refractivity contribution is -0.521. The Kier molecular flexibility index (Phi) is 4.55. The highest BCUT2D eigenvalue weighted by Crippen LogP contribution is 2.24. The summed E-state index contributed by atoms with van der Waals surface area (Å²) in [6.07, 6.45) is -0.648. The third kappa shape index (κ3) is 3.47. The van der Waals surface area contributed by atoms with E-state index in [2.05, 4.69) is 10.2 Å². The molecule has 2 aromatic carbocycles. The summed E-state index contributed by atoms with van der Waals surface area (Å²) in [7, 11) is 0. The summed E-state index contributed by atoms with van der Waals surface area (Å²) in [5.74, 6) is 0. The Morgan fingerprint density at radius 1 is 1.10 bits per heavy atom. The molecule has 0 saturated carbocycles. The molecule has 1 atom stereocenters. The van der Waals surface area contributed by atoms with Crippen molar-refractivity contribution in [2.45, 2.75) is 19.5 Å². The lowest BCUT2D eigenvalue weighted by Gasteiger charge is -2.02. The van der Waals surface area contributed by atoms with Gasteiger partial charge in [-0.25, -0.2) is 0 Å². The molecule has 2 rings (SSSR count). The van der Waals surface area contributed by atoms with Crippen LogP contribution in [0.3, 0.4) is 0 Å². The van der Waals surface area contributed by atoms with Crippen LogP contribution in [0, 0.1) is 10.1 Å². The van der Waals surface area contributed by atoms with E-state index in [1.54, 1.807) is 13.0 Å². The Morgan fingerprint density at radius 3 is 2.45 bits per heavy atom. The Balaban J connectivity index is 2.22. The van der Waals surface area contributed by atoms with Crippen LogP contribution in [0.2, 0.25) is 0 Å². The van der Waals surface area contributed by atoms with Crippen molar-refractivity contribution in [3.8, 4) is 11.1 Å². The van der Waals surface area contributed by atoms with Crippen LogP contribution in [0.1, 0.15) is 13.3 Å². The van der Waals surface area contributed by atoms with E-state index in [0.717, 1.165) is 11.1 Å². The van der Waals surface area contributed by atoms with Gasteiger partial charge < -0.3 is 0 Å². The minimum atomic E-state index is -0.976. The van der Waals surface area contributed by atoms with Gasteiger partial charge in [-0.1, -0.05) is 49.4 Å². The van der Waals surface area contributed by atoms with Gasteiger partial charge in [0, 0.05) is 11.3 Å². The van der Waals surface area contributed by atoms with E-state index < -0.39 is 11.1 Å². The van der Waals surface area contributed by atoms with Crippen molar-refractivity contribution in [2.24, 2.45) is 10.2 Å². The average molecular weight is 269 g/mol. The average Bonchev–Trinajstić information content (AvgIpc) is 2.49. The monoisotopic (exact) mass is 269 g/mol. The summed E-state index contributed by atoms with van der Waals surface area (Å²) in [6.45, 7) is 1.72. The number of hydrogen-bond acceptors (Lipinski definition) is 4. The summed E-state index contributed by atoms with van der Waals surface area (Å²) >= 11 is 0. The largest absolute Gasteiger partial charge is 0.320 e. The predicted molar refractivity (Wildman–Crippen MR) is 77.5 cm³/mol. The van der Waals surface area contributed by atoms with Crippen LogP contribution in [-0.4, -0.2) is 11.1 Å². The molecule has 0 radical (unpaired) electrons. The van der Waals surface area contributed by atoms with Gasteiger partial charge in [-0.3, -0.25) is 10.1 Å². The fraction of sp³-hybridized carbons (Fsp3) is 0.200. The number of benzene rings is 2. The first kappa shape index (κ1) is 13.9. The number of nitro groups is 1. The van der Waals surface area contributed by atoms with Crippen LogP contribution in [-0.2, 0) is 0 Å². The molecule has 0 saturated heterocycles. The van der Waals surface area contributed by atoms with Gasteiger partial charge in [0.15, 0.2) is 0 Å². The second-order valence-electron chi connectivity index (χ2n) is 4.31. The molecule has 20 heavy (non-hydrogen) atoms. The van der Waals surface area contributed by atoms with Crippen molar-refractivity contribution in [1.82, 2.24) is 0 Å². The van der Waals surface area contributed by atoms with Gasteiger partial charge in [-0.05, 0) is 23.3 Å². The summed E-state index contributed by atoms with van der Waals surface area (Å²) in [4.78, 5) is 10.3. The number of hydrogen-bond donors (Lipinski definition) is 0. The van der Waals surface area contributed by atoms with Crippen molar-refractivity contribution in [2.75, 3.05) is 0 Å². The molecule has 0 aromatic heterocycles. The number of nitrogens with zero attached hydrogens (tertiary/aromatic N) is 3. The zero-order valence-corrected chi connectivity index (χ0v) is 11.1. The lowest BCUT2D eigenvalue weighted by atomic mass is 10.1. The molecule has 5 nitrogen and oxygen atoms in total. The van der Waals surface area contributed by atoms with Gasteiger partial charge in [0.1, 0.15) is 0 Å². The quantitative estimate of drug-likeness (QED) is 0.457. The molecule has 0 heterocycles. The maximum absolute atomic E-state index is 10.7. The first-order valence-electron chi connectivity index (χ1n) is 6.40. The minimum absolute atomic E-state index is 0.328. The summed E-state index contributed by atoms with van der Waals surface area (Å²) in [5, 5.41) is 18.4. The Labute approximate surface area is 117 Å². The molecule has 0 amide bonds. The Morgan fingerprint density at radius 2 is 1.80 bits per heavy atom. The van der Waals surface area contributed by atoms with Crippen molar-refractivity contribution >= 4 is 5.69 Å². The molecular formula is C15H15N3O2. The third-order valence-corrected chi connectivity index (χ3v) is 2.87. The first-order chi connectivity index (χ1) is 9.70. The van der Waals surface area contributed by atoms with Crippen LogP contribution in [0.5, 0.6) is 0 Å². The molecule has 0 bridgehead atoms. The molecule has 1 unspecified atom stereocenters. The van der Waals surface area contributed by atoms with Crippen molar-refractivity contribution in [3.63, 3.8) is 0 Å². The van der Waals surface area contributed by atoms with Crippen LogP contribution in [0.15, 0.2) is 64.8 Å². The second-order valence-corrected chi connectivity index (χ2v) is 4.31. The third-order valence-electron chi connectivity index (χ3n) is 2.87. The highest BCUT2D eigenvalue weighted by Gasteiger charge is 2.14. The van der Waals surface area contributed by atoms with Crippen molar-refractivity contribution < 1.29 is 4.92 Å². The summed E-state index contributed by atoms with van der Waals surface area (Å²) < 4.78 is 0. The highest BCUT2D eigenvalue weighted by molar-refractivity contribution is 5.66. The Bertz CT molecular complexity index is 612. The van der Waals surface area contributed by atoms with E-state index in [1.165, 1.54) is 0 Å². The van der Waals surface area contributed by atoms with Crippen LogP contribution in [0.25, 0.3) is 11.1 Å².